The van der Waals surface area contributed by atoms with E-state index in [2.05, 4.69) is 16.0 Å². The van der Waals surface area contributed by atoms with Crippen molar-refractivity contribution in [2.75, 3.05) is 12.4 Å². The number of hydrogen-bond donors (Lipinski definition) is 3. The molecule has 5 nitrogen and oxygen atoms in total. The molecule has 3 rings (SSSR count). The van der Waals surface area contributed by atoms with Crippen LogP contribution in [0.5, 0.6) is 5.75 Å². The van der Waals surface area contributed by atoms with Crippen LogP contribution in [0.1, 0.15) is 10.4 Å². The molecule has 0 radical (unpaired) electrons. The van der Waals surface area contributed by atoms with Crippen LogP contribution in [-0.4, -0.2) is 28.1 Å². The molecule has 0 spiro atoms. The van der Waals surface area contributed by atoms with Gasteiger partial charge in [-0.1, -0.05) is 83.3 Å². The van der Waals surface area contributed by atoms with Crippen molar-refractivity contribution < 1.29 is 9.53 Å². The van der Waals surface area contributed by atoms with E-state index in [0.29, 0.717) is 11.3 Å². The van der Waals surface area contributed by atoms with Gasteiger partial charge >= 0.3 is 0 Å². The summed E-state index contributed by atoms with van der Waals surface area (Å²) in [6.07, 6.45) is -1.10. The van der Waals surface area contributed by atoms with E-state index in [0.717, 1.165) is 16.5 Å². The molecular weight excluding hydrogens is 465 g/mol. The molecule has 1 amide bonds. The molecule has 0 fully saturated rings. The summed E-state index contributed by atoms with van der Waals surface area (Å²) >= 11 is 23.6. The highest BCUT2D eigenvalue weighted by Crippen LogP contribution is 2.30. The minimum atomic E-state index is -1.87. The maximum Gasteiger partial charge on any atom is 0.256 e. The first kappa shape index (κ1) is 22.4. The number of carbonyl (C=O) groups excluding carboxylic acids is 1. The van der Waals surface area contributed by atoms with Crippen LogP contribution in [0.3, 0.4) is 0 Å². The van der Waals surface area contributed by atoms with E-state index in [9.17, 15) is 4.79 Å². The van der Waals surface area contributed by atoms with Gasteiger partial charge in [0, 0.05) is 11.1 Å². The third-order valence-corrected chi connectivity index (χ3v) is 5.14. The number of amides is 1. The number of nitrogens with one attached hydrogen (secondary N) is 3. The number of ether oxygens (including phenoxy) is 1. The SMILES string of the molecule is COc1ccccc1C(=O)NC(NC(=S)Nc1cccc2ccccc12)C(Cl)(Cl)Cl. The lowest BCUT2D eigenvalue weighted by atomic mass is 10.1. The maximum absolute atomic E-state index is 12.7. The number of benzene rings is 3. The van der Waals surface area contributed by atoms with Gasteiger partial charge in [0.25, 0.3) is 5.91 Å². The van der Waals surface area contributed by atoms with Gasteiger partial charge in [-0.3, -0.25) is 4.79 Å². The van der Waals surface area contributed by atoms with Crippen molar-refractivity contribution in [1.82, 2.24) is 10.6 Å². The summed E-state index contributed by atoms with van der Waals surface area (Å²) in [4.78, 5) is 12.7. The van der Waals surface area contributed by atoms with Gasteiger partial charge in [0.15, 0.2) is 5.11 Å². The molecule has 9 heteroatoms. The summed E-state index contributed by atoms with van der Waals surface area (Å²) in [7, 11) is 1.47. The number of alkyl halides is 3. The second-order valence-corrected chi connectivity index (χ2v) is 9.05. The zero-order chi connectivity index (χ0) is 21.7. The summed E-state index contributed by atoms with van der Waals surface area (Å²) in [5, 5.41) is 10.8. The second-order valence-electron chi connectivity index (χ2n) is 6.27. The number of hydrogen-bond acceptors (Lipinski definition) is 3. The van der Waals surface area contributed by atoms with Gasteiger partial charge in [-0.25, -0.2) is 0 Å². The smallest absolute Gasteiger partial charge is 0.256 e. The maximum atomic E-state index is 12.7. The zero-order valence-corrected chi connectivity index (χ0v) is 18.9. The van der Waals surface area contributed by atoms with Crippen LogP contribution in [0.2, 0.25) is 0 Å². The lowest BCUT2D eigenvalue weighted by Gasteiger charge is -2.28. The number of methoxy groups -OCH3 is 1. The Labute approximate surface area is 194 Å². The van der Waals surface area contributed by atoms with Gasteiger partial charge < -0.3 is 20.7 Å². The van der Waals surface area contributed by atoms with Crippen LogP contribution >= 0.6 is 47.0 Å². The van der Waals surface area contributed by atoms with Crippen LogP contribution in [-0.2, 0) is 0 Å². The highest BCUT2D eigenvalue weighted by molar-refractivity contribution is 7.80. The van der Waals surface area contributed by atoms with Crippen LogP contribution in [0.25, 0.3) is 10.8 Å². The molecule has 3 N–H and O–H groups in total. The highest BCUT2D eigenvalue weighted by Gasteiger charge is 2.35. The van der Waals surface area contributed by atoms with E-state index in [1.807, 2.05) is 42.5 Å². The monoisotopic (exact) mass is 481 g/mol. The Hall–Kier alpha value is -2.25. The van der Waals surface area contributed by atoms with Crippen molar-refractivity contribution in [2.45, 2.75) is 9.96 Å². The molecule has 1 atom stereocenters. The Morgan fingerprint density at radius 1 is 0.967 bits per heavy atom. The van der Waals surface area contributed by atoms with Gasteiger partial charge in [0.2, 0.25) is 3.79 Å². The Kier molecular flexibility index (Phi) is 7.26. The van der Waals surface area contributed by atoms with Crippen molar-refractivity contribution in [1.29, 1.82) is 0 Å². The Morgan fingerprint density at radius 2 is 1.63 bits per heavy atom. The molecular formula is C21H18Cl3N3O2S. The first-order valence-electron chi connectivity index (χ1n) is 8.85. The lowest BCUT2D eigenvalue weighted by Crippen LogP contribution is -2.56. The summed E-state index contributed by atoms with van der Waals surface area (Å²) in [6.45, 7) is 0. The third kappa shape index (κ3) is 5.46. The fourth-order valence-electron chi connectivity index (χ4n) is 2.86. The molecule has 156 valence electrons. The van der Waals surface area contributed by atoms with Crippen LogP contribution in [0.4, 0.5) is 5.69 Å². The second kappa shape index (κ2) is 9.71. The predicted molar refractivity (Wildman–Crippen MR) is 128 cm³/mol. The zero-order valence-electron chi connectivity index (χ0n) is 15.8. The molecule has 0 heterocycles. The summed E-state index contributed by atoms with van der Waals surface area (Å²) in [5.41, 5.74) is 1.08. The van der Waals surface area contributed by atoms with Gasteiger partial charge in [-0.2, -0.15) is 0 Å². The van der Waals surface area contributed by atoms with Crippen molar-refractivity contribution in [3.05, 3.63) is 72.3 Å². The average Bonchev–Trinajstić information content (AvgIpc) is 2.72. The van der Waals surface area contributed by atoms with E-state index in [4.69, 9.17) is 51.8 Å². The van der Waals surface area contributed by atoms with Gasteiger partial charge in [0.1, 0.15) is 11.9 Å². The molecule has 0 saturated heterocycles. The van der Waals surface area contributed by atoms with Crippen molar-refractivity contribution in [3.63, 3.8) is 0 Å². The number of carbonyl (C=O) groups is 1. The third-order valence-electron chi connectivity index (χ3n) is 4.27. The molecule has 0 aliphatic heterocycles. The van der Waals surface area contributed by atoms with Crippen molar-refractivity contribution >= 4 is 74.5 Å². The van der Waals surface area contributed by atoms with Crippen LogP contribution in [0.15, 0.2) is 66.7 Å². The molecule has 1 unspecified atom stereocenters. The minimum Gasteiger partial charge on any atom is -0.496 e. The van der Waals surface area contributed by atoms with Crippen LogP contribution in [0, 0.1) is 0 Å². The van der Waals surface area contributed by atoms with Crippen molar-refractivity contribution in [2.24, 2.45) is 0 Å². The first-order chi connectivity index (χ1) is 14.3. The molecule has 0 bridgehead atoms. The molecule has 3 aromatic carbocycles. The summed E-state index contributed by atoms with van der Waals surface area (Å²) < 4.78 is 3.34. The van der Waals surface area contributed by atoms with E-state index in [1.54, 1.807) is 24.3 Å². The molecule has 30 heavy (non-hydrogen) atoms. The van der Waals surface area contributed by atoms with E-state index in [-0.39, 0.29) is 5.11 Å². The normalized spacial score (nSPS) is 12.1. The molecule has 0 saturated carbocycles. The number of fused-ring (bicyclic) bond motifs is 1. The van der Waals surface area contributed by atoms with Crippen molar-refractivity contribution in [3.8, 4) is 5.75 Å². The Bertz CT molecular complexity index is 1070. The number of rotatable bonds is 5. The average molecular weight is 483 g/mol. The summed E-state index contributed by atoms with van der Waals surface area (Å²) in [5.74, 6) is -0.0845. The van der Waals surface area contributed by atoms with E-state index < -0.39 is 15.9 Å². The number of halogens is 3. The van der Waals surface area contributed by atoms with Gasteiger partial charge in [-0.05, 0) is 35.8 Å². The lowest BCUT2D eigenvalue weighted by molar-refractivity contribution is 0.0931. The number of thiocarbonyl (C=S) groups is 1. The highest BCUT2D eigenvalue weighted by atomic mass is 35.6. The number of para-hydroxylation sites is 1. The predicted octanol–water partition coefficient (Wildman–Crippen LogP) is 5.26. The quantitative estimate of drug-likeness (QED) is 0.263. The van der Waals surface area contributed by atoms with E-state index in [1.165, 1.54) is 7.11 Å². The molecule has 3 aromatic rings. The Morgan fingerprint density at radius 3 is 2.37 bits per heavy atom. The molecule has 0 aromatic heterocycles. The topological polar surface area (TPSA) is 62.4 Å². The fourth-order valence-corrected chi connectivity index (χ4v) is 3.42. The number of anilines is 1. The first-order valence-corrected chi connectivity index (χ1v) is 10.4. The summed E-state index contributed by atoms with van der Waals surface area (Å²) in [6, 6.07) is 20.4. The molecule has 0 aliphatic rings. The fraction of sp³-hybridized carbons (Fsp3) is 0.143. The Balaban J connectivity index is 1.76. The minimum absolute atomic E-state index is 0.183. The standard InChI is InChI=1S/C21H18Cl3N3O2S/c1-29-17-12-5-4-10-15(17)18(28)26-19(21(22,23)24)27-20(30)25-16-11-6-8-13-7-2-3-9-14(13)16/h2-12,19H,1H3,(H,26,28)(H2,25,27,30). The van der Waals surface area contributed by atoms with E-state index >= 15 is 0 Å². The largest absolute Gasteiger partial charge is 0.496 e. The molecule has 0 aliphatic carbocycles. The van der Waals surface area contributed by atoms with Crippen LogP contribution < -0.4 is 20.7 Å². The van der Waals surface area contributed by atoms with Gasteiger partial charge in [-0.15, -0.1) is 0 Å². The van der Waals surface area contributed by atoms with Gasteiger partial charge in [0.05, 0.1) is 12.7 Å².